The number of nitrogens with zero attached hydrogens (tertiary/aromatic N) is 1. The first kappa shape index (κ1) is 20.6. The third-order valence-electron chi connectivity index (χ3n) is 7.81. The van der Waals surface area contributed by atoms with Gasteiger partial charge in [0.15, 0.2) is 0 Å². The minimum Gasteiger partial charge on any atom is -0.342 e. The fraction of sp³-hybridized carbons (Fsp3) is 0.680. The van der Waals surface area contributed by atoms with Crippen LogP contribution in [0.2, 0.25) is 0 Å². The molecule has 1 aliphatic heterocycles. The quantitative estimate of drug-likeness (QED) is 0.641. The Morgan fingerprint density at radius 3 is 2.52 bits per heavy atom. The first-order chi connectivity index (χ1) is 14.1. The van der Waals surface area contributed by atoms with Crippen LogP contribution in [-0.2, 0) is 15.0 Å². The molecule has 1 amide bonds. The molecule has 2 atom stereocenters. The average molecular weight is 400 g/mol. The molecule has 2 saturated carbocycles. The van der Waals surface area contributed by atoms with Gasteiger partial charge in [-0.1, -0.05) is 44.2 Å². The zero-order valence-corrected chi connectivity index (χ0v) is 17.5. The Morgan fingerprint density at radius 2 is 1.76 bits per heavy atom. The lowest BCUT2D eigenvalue weighted by Crippen LogP contribution is -2.44. The van der Waals surface area contributed by atoms with Crippen LogP contribution in [-0.4, -0.2) is 29.7 Å². The van der Waals surface area contributed by atoms with E-state index in [9.17, 15) is 14.0 Å². The normalized spacial score (nSPS) is 26.2. The van der Waals surface area contributed by atoms with Crippen molar-refractivity contribution in [1.29, 1.82) is 0 Å². The summed E-state index contributed by atoms with van der Waals surface area (Å²) in [5.41, 5.74) is 0.289. The van der Waals surface area contributed by atoms with Crippen molar-refractivity contribution in [2.75, 3.05) is 13.1 Å². The van der Waals surface area contributed by atoms with Crippen LogP contribution in [0.3, 0.4) is 0 Å². The van der Waals surface area contributed by atoms with E-state index in [-0.39, 0.29) is 17.5 Å². The summed E-state index contributed by atoms with van der Waals surface area (Å²) in [5.74, 6) is 1.65. The fourth-order valence-corrected chi connectivity index (χ4v) is 6.12. The van der Waals surface area contributed by atoms with Crippen LogP contribution in [0.15, 0.2) is 24.3 Å². The van der Waals surface area contributed by atoms with Crippen LogP contribution in [0.5, 0.6) is 0 Å². The van der Waals surface area contributed by atoms with E-state index in [4.69, 9.17) is 0 Å². The van der Waals surface area contributed by atoms with E-state index in [1.54, 1.807) is 6.07 Å². The van der Waals surface area contributed by atoms with Crippen molar-refractivity contribution in [3.63, 3.8) is 0 Å². The Kier molecular flexibility index (Phi) is 6.36. The molecule has 0 radical (unpaired) electrons. The van der Waals surface area contributed by atoms with E-state index in [0.717, 1.165) is 56.7 Å². The van der Waals surface area contributed by atoms with Gasteiger partial charge in [-0.2, -0.15) is 0 Å². The zero-order chi connectivity index (χ0) is 20.3. The zero-order valence-electron chi connectivity index (χ0n) is 17.5. The minimum absolute atomic E-state index is 0.194. The summed E-state index contributed by atoms with van der Waals surface area (Å²) in [6.07, 6.45) is 11.5. The SMILES string of the molecule is O=C(CCCC(=O)C1(c2cccc(F)c2)CCCC1)N1CCC2CCCCC2C1. The highest BCUT2D eigenvalue weighted by molar-refractivity contribution is 5.91. The van der Waals surface area contributed by atoms with Crippen LogP contribution < -0.4 is 0 Å². The predicted octanol–water partition coefficient (Wildman–Crippen LogP) is 5.42. The van der Waals surface area contributed by atoms with Gasteiger partial charge in [0.25, 0.3) is 0 Å². The molecule has 3 fully saturated rings. The molecule has 1 heterocycles. The fourth-order valence-electron chi connectivity index (χ4n) is 6.12. The number of rotatable bonds is 6. The molecule has 0 N–H and O–H groups in total. The standard InChI is InChI=1S/C25H34FNO2/c26-22-10-5-9-21(17-22)25(14-3-4-15-25)23(28)11-6-12-24(29)27-16-13-19-7-1-2-8-20(19)18-27/h5,9-10,17,19-20H,1-4,6-8,11-16,18H2. The Labute approximate surface area is 174 Å². The van der Waals surface area contributed by atoms with Crippen LogP contribution in [0.1, 0.15) is 82.6 Å². The van der Waals surface area contributed by atoms with Gasteiger partial charge in [0, 0.05) is 25.9 Å². The summed E-state index contributed by atoms with van der Waals surface area (Å²) in [4.78, 5) is 28.0. The second kappa shape index (κ2) is 8.97. The first-order valence-electron chi connectivity index (χ1n) is 11.7. The molecule has 0 aromatic heterocycles. The summed E-state index contributed by atoms with van der Waals surface area (Å²) in [6, 6.07) is 6.57. The second-order valence-electron chi connectivity index (χ2n) is 9.51. The number of amides is 1. The highest BCUT2D eigenvalue weighted by Gasteiger charge is 2.42. The van der Waals surface area contributed by atoms with Crippen molar-refractivity contribution in [1.82, 2.24) is 4.90 Å². The van der Waals surface area contributed by atoms with Gasteiger partial charge in [0.05, 0.1) is 5.41 Å². The maximum atomic E-state index is 13.8. The molecule has 1 aromatic rings. The van der Waals surface area contributed by atoms with E-state index >= 15 is 0 Å². The summed E-state index contributed by atoms with van der Waals surface area (Å²) in [6.45, 7) is 1.81. The van der Waals surface area contributed by atoms with Crippen molar-refractivity contribution in [3.8, 4) is 0 Å². The molecule has 4 heteroatoms. The van der Waals surface area contributed by atoms with E-state index in [2.05, 4.69) is 4.90 Å². The number of piperidine rings is 1. The van der Waals surface area contributed by atoms with Gasteiger partial charge in [0.1, 0.15) is 11.6 Å². The van der Waals surface area contributed by atoms with Gasteiger partial charge < -0.3 is 4.90 Å². The van der Waals surface area contributed by atoms with E-state index in [0.29, 0.717) is 25.2 Å². The molecular weight excluding hydrogens is 365 g/mol. The molecule has 2 aliphatic carbocycles. The van der Waals surface area contributed by atoms with Crippen molar-refractivity contribution in [2.24, 2.45) is 11.8 Å². The Hall–Kier alpha value is -1.71. The third-order valence-corrected chi connectivity index (χ3v) is 7.81. The largest absolute Gasteiger partial charge is 0.342 e. The number of Topliss-reactive ketones (excluding diaryl/α,β-unsaturated/α-hetero) is 1. The second-order valence-corrected chi connectivity index (χ2v) is 9.51. The van der Waals surface area contributed by atoms with Crippen LogP contribution in [0.4, 0.5) is 4.39 Å². The molecular formula is C25H34FNO2. The summed E-state index contributed by atoms with van der Waals surface area (Å²) in [5, 5.41) is 0. The number of hydrogen-bond acceptors (Lipinski definition) is 2. The van der Waals surface area contributed by atoms with E-state index in [1.165, 1.54) is 37.8 Å². The van der Waals surface area contributed by atoms with Gasteiger partial charge in [-0.25, -0.2) is 4.39 Å². The number of hydrogen-bond donors (Lipinski definition) is 0. The molecule has 2 unspecified atom stereocenters. The van der Waals surface area contributed by atoms with Gasteiger partial charge in [-0.3, -0.25) is 9.59 Å². The van der Waals surface area contributed by atoms with Gasteiger partial charge in [-0.05, 0) is 61.6 Å². The van der Waals surface area contributed by atoms with E-state index < -0.39 is 5.41 Å². The number of halogens is 1. The topological polar surface area (TPSA) is 37.4 Å². The summed E-state index contributed by atoms with van der Waals surface area (Å²) >= 11 is 0. The molecule has 0 spiro atoms. The summed E-state index contributed by atoms with van der Waals surface area (Å²) in [7, 11) is 0. The minimum atomic E-state index is -0.536. The Morgan fingerprint density at radius 1 is 1.00 bits per heavy atom. The molecule has 3 nitrogen and oxygen atoms in total. The summed E-state index contributed by atoms with van der Waals surface area (Å²) < 4.78 is 13.8. The van der Waals surface area contributed by atoms with Gasteiger partial charge in [0.2, 0.25) is 5.91 Å². The maximum absolute atomic E-state index is 13.8. The number of carbonyl (C=O) groups is 2. The maximum Gasteiger partial charge on any atom is 0.222 e. The smallest absolute Gasteiger partial charge is 0.222 e. The molecule has 29 heavy (non-hydrogen) atoms. The molecule has 3 aliphatic rings. The lowest BCUT2D eigenvalue weighted by Gasteiger charge is -2.41. The Balaban J connectivity index is 1.31. The Bertz CT molecular complexity index is 740. The third kappa shape index (κ3) is 4.41. The molecule has 4 rings (SSSR count). The van der Waals surface area contributed by atoms with Crippen LogP contribution in [0, 0.1) is 17.7 Å². The number of benzene rings is 1. The van der Waals surface area contributed by atoms with Crippen molar-refractivity contribution in [2.45, 2.75) is 82.5 Å². The number of fused-ring (bicyclic) bond motifs is 1. The van der Waals surface area contributed by atoms with Gasteiger partial charge >= 0.3 is 0 Å². The number of likely N-dealkylation sites (tertiary alicyclic amines) is 1. The van der Waals surface area contributed by atoms with Crippen LogP contribution in [0.25, 0.3) is 0 Å². The lowest BCUT2D eigenvalue weighted by molar-refractivity contribution is -0.134. The highest BCUT2D eigenvalue weighted by Crippen LogP contribution is 2.43. The predicted molar refractivity (Wildman–Crippen MR) is 112 cm³/mol. The molecule has 1 aromatic carbocycles. The lowest BCUT2D eigenvalue weighted by atomic mass is 9.73. The molecule has 1 saturated heterocycles. The van der Waals surface area contributed by atoms with Crippen molar-refractivity contribution < 1.29 is 14.0 Å². The molecule has 0 bridgehead atoms. The number of carbonyl (C=O) groups excluding carboxylic acids is 2. The van der Waals surface area contributed by atoms with Crippen molar-refractivity contribution in [3.05, 3.63) is 35.6 Å². The molecule has 158 valence electrons. The van der Waals surface area contributed by atoms with Crippen molar-refractivity contribution >= 4 is 11.7 Å². The number of ketones is 1. The van der Waals surface area contributed by atoms with Gasteiger partial charge in [-0.15, -0.1) is 0 Å². The first-order valence-corrected chi connectivity index (χ1v) is 11.7. The van der Waals surface area contributed by atoms with E-state index in [1.807, 2.05) is 6.07 Å². The average Bonchev–Trinajstić information content (AvgIpc) is 3.24. The highest BCUT2D eigenvalue weighted by atomic mass is 19.1. The monoisotopic (exact) mass is 399 g/mol. The van der Waals surface area contributed by atoms with Crippen LogP contribution >= 0.6 is 0 Å².